The molecule has 0 saturated carbocycles. The van der Waals surface area contributed by atoms with E-state index < -0.39 is 29.2 Å². The van der Waals surface area contributed by atoms with E-state index in [1.165, 1.54) is 6.92 Å². The molecule has 0 aliphatic carbocycles. The molecule has 0 aliphatic rings. The fraction of sp³-hybridized carbons (Fsp3) is 0.167. The summed E-state index contributed by atoms with van der Waals surface area (Å²) in [6.07, 6.45) is -4.49. The summed E-state index contributed by atoms with van der Waals surface area (Å²) in [7, 11) is 0. The van der Waals surface area contributed by atoms with Gasteiger partial charge in [0.2, 0.25) is 0 Å². The third kappa shape index (κ3) is 2.40. The van der Waals surface area contributed by atoms with Crippen LogP contribution in [0.25, 0.3) is 5.69 Å². The fourth-order valence-electron chi connectivity index (χ4n) is 1.69. The van der Waals surface area contributed by atoms with Gasteiger partial charge in [0.1, 0.15) is 12.0 Å². The third-order valence-electron chi connectivity index (χ3n) is 2.56. The van der Waals surface area contributed by atoms with Crippen LogP contribution < -0.4 is 0 Å². The van der Waals surface area contributed by atoms with Gasteiger partial charge in [0.25, 0.3) is 0 Å². The first-order valence-electron chi connectivity index (χ1n) is 5.32. The van der Waals surface area contributed by atoms with Gasteiger partial charge in [0, 0.05) is 11.3 Å². The number of aldehydes is 1. The summed E-state index contributed by atoms with van der Waals surface area (Å²) in [6.45, 7) is 1.23. The molecule has 8 heteroatoms. The van der Waals surface area contributed by atoms with Gasteiger partial charge in [-0.1, -0.05) is 0 Å². The highest BCUT2D eigenvalue weighted by Crippen LogP contribution is 2.30. The van der Waals surface area contributed by atoms with Crippen LogP contribution >= 0.6 is 0 Å². The minimum atomic E-state index is -4.72. The van der Waals surface area contributed by atoms with Crippen LogP contribution in [0.15, 0.2) is 18.2 Å². The maximum Gasteiger partial charge on any atom is 0.435 e. The lowest BCUT2D eigenvalue weighted by Gasteiger charge is -2.08. The van der Waals surface area contributed by atoms with Gasteiger partial charge >= 0.3 is 6.18 Å². The summed E-state index contributed by atoms with van der Waals surface area (Å²) in [5.41, 5.74) is -2.37. The standard InChI is InChI=1S/C12H7F5N2O/c1-6-2-10(12(15,16)17)18-19(6)11-8(13)3-7(5-20)4-9(11)14/h2-5H,1H3. The van der Waals surface area contributed by atoms with Gasteiger partial charge in [-0.25, -0.2) is 13.5 Å². The van der Waals surface area contributed by atoms with Gasteiger partial charge in [-0.2, -0.15) is 18.3 Å². The number of benzene rings is 1. The number of nitrogens with zero attached hydrogens (tertiary/aromatic N) is 2. The summed E-state index contributed by atoms with van der Waals surface area (Å²) >= 11 is 0. The van der Waals surface area contributed by atoms with Crippen molar-refractivity contribution in [3.8, 4) is 5.69 Å². The molecule has 2 aromatic rings. The van der Waals surface area contributed by atoms with E-state index >= 15 is 0 Å². The summed E-state index contributed by atoms with van der Waals surface area (Å²) in [4.78, 5) is 10.5. The molecular formula is C12H7F5N2O. The van der Waals surface area contributed by atoms with Crippen molar-refractivity contribution in [2.75, 3.05) is 0 Å². The molecule has 1 aromatic carbocycles. The Morgan fingerprint density at radius 2 is 1.70 bits per heavy atom. The van der Waals surface area contributed by atoms with Crippen molar-refractivity contribution in [2.45, 2.75) is 13.1 Å². The lowest BCUT2D eigenvalue weighted by atomic mass is 10.2. The third-order valence-corrected chi connectivity index (χ3v) is 2.56. The number of carbonyl (C=O) groups excluding carboxylic acids is 1. The van der Waals surface area contributed by atoms with Gasteiger partial charge in [-0.3, -0.25) is 4.79 Å². The molecule has 0 amide bonds. The second-order valence-corrected chi connectivity index (χ2v) is 4.03. The number of rotatable bonds is 2. The molecule has 0 spiro atoms. The summed E-state index contributed by atoms with van der Waals surface area (Å²) < 4.78 is 65.5. The Balaban J connectivity index is 2.63. The van der Waals surface area contributed by atoms with Crippen LogP contribution in [0.3, 0.4) is 0 Å². The molecule has 0 aliphatic heterocycles. The van der Waals surface area contributed by atoms with E-state index in [0.29, 0.717) is 10.7 Å². The quantitative estimate of drug-likeness (QED) is 0.628. The smallest absolute Gasteiger partial charge is 0.298 e. The van der Waals surface area contributed by atoms with Gasteiger partial charge in [-0.05, 0) is 25.1 Å². The Bertz CT molecular complexity index is 652. The largest absolute Gasteiger partial charge is 0.435 e. The average molecular weight is 290 g/mol. The number of halogens is 5. The Morgan fingerprint density at radius 1 is 1.15 bits per heavy atom. The maximum absolute atomic E-state index is 13.7. The highest BCUT2D eigenvalue weighted by Gasteiger charge is 2.35. The van der Waals surface area contributed by atoms with Gasteiger partial charge < -0.3 is 0 Å². The lowest BCUT2D eigenvalue weighted by molar-refractivity contribution is -0.141. The highest BCUT2D eigenvalue weighted by molar-refractivity contribution is 5.75. The second-order valence-electron chi connectivity index (χ2n) is 4.03. The van der Waals surface area contributed by atoms with Crippen LogP contribution in [0.4, 0.5) is 22.0 Å². The normalized spacial score (nSPS) is 11.7. The molecule has 0 bridgehead atoms. The van der Waals surface area contributed by atoms with Crippen LogP contribution in [-0.4, -0.2) is 16.1 Å². The van der Waals surface area contributed by atoms with E-state index in [0.717, 1.165) is 12.1 Å². The minimum Gasteiger partial charge on any atom is -0.298 e. The van der Waals surface area contributed by atoms with Gasteiger partial charge in [-0.15, -0.1) is 0 Å². The minimum absolute atomic E-state index is 0.0889. The summed E-state index contributed by atoms with van der Waals surface area (Å²) in [6, 6.07) is 2.12. The van der Waals surface area contributed by atoms with Gasteiger partial charge in [0.15, 0.2) is 17.3 Å². The first kappa shape index (κ1) is 14.2. The van der Waals surface area contributed by atoms with E-state index in [-0.39, 0.29) is 17.5 Å². The Morgan fingerprint density at radius 3 is 2.10 bits per heavy atom. The first-order chi connectivity index (χ1) is 9.24. The Labute approximate surface area is 109 Å². The van der Waals surface area contributed by atoms with E-state index in [4.69, 9.17) is 0 Å². The van der Waals surface area contributed by atoms with Crippen LogP contribution in [0.2, 0.25) is 0 Å². The van der Waals surface area contributed by atoms with E-state index in [1.807, 2.05) is 0 Å². The van der Waals surface area contributed by atoms with Crippen molar-refractivity contribution < 1.29 is 26.7 Å². The first-order valence-corrected chi connectivity index (χ1v) is 5.32. The number of alkyl halides is 3. The zero-order chi connectivity index (χ0) is 15.1. The molecule has 106 valence electrons. The van der Waals surface area contributed by atoms with E-state index in [2.05, 4.69) is 5.10 Å². The molecule has 0 N–H and O–H groups in total. The van der Waals surface area contributed by atoms with Crippen molar-refractivity contribution >= 4 is 6.29 Å². The maximum atomic E-state index is 13.7. The fourth-order valence-corrected chi connectivity index (χ4v) is 1.69. The molecule has 0 atom stereocenters. The number of hydrogen-bond acceptors (Lipinski definition) is 2. The lowest BCUT2D eigenvalue weighted by Crippen LogP contribution is -2.10. The van der Waals surface area contributed by atoms with Crippen molar-refractivity contribution in [3.63, 3.8) is 0 Å². The van der Waals surface area contributed by atoms with Crippen LogP contribution in [0.1, 0.15) is 21.7 Å². The topological polar surface area (TPSA) is 34.9 Å². The number of hydrogen-bond donors (Lipinski definition) is 0. The number of aromatic nitrogens is 2. The van der Waals surface area contributed by atoms with Crippen molar-refractivity contribution in [1.82, 2.24) is 9.78 Å². The molecule has 1 aromatic heterocycles. The molecule has 3 nitrogen and oxygen atoms in total. The molecule has 0 fully saturated rings. The van der Waals surface area contributed by atoms with Crippen molar-refractivity contribution in [1.29, 1.82) is 0 Å². The SMILES string of the molecule is Cc1cc(C(F)(F)F)nn1-c1c(F)cc(C=O)cc1F. The van der Waals surface area contributed by atoms with E-state index in [9.17, 15) is 26.7 Å². The number of carbonyl (C=O) groups is 1. The summed E-state index contributed by atoms with van der Waals surface area (Å²) in [5.74, 6) is -2.35. The molecule has 0 radical (unpaired) electrons. The predicted molar refractivity (Wildman–Crippen MR) is 58.6 cm³/mol. The van der Waals surface area contributed by atoms with Crippen LogP contribution in [-0.2, 0) is 6.18 Å². The highest BCUT2D eigenvalue weighted by atomic mass is 19.4. The molecule has 20 heavy (non-hydrogen) atoms. The van der Waals surface area contributed by atoms with Gasteiger partial charge in [0.05, 0.1) is 0 Å². The average Bonchev–Trinajstić information content (AvgIpc) is 2.70. The Kier molecular flexibility index (Phi) is 3.33. The molecule has 2 rings (SSSR count). The molecular weight excluding hydrogens is 283 g/mol. The number of aryl methyl sites for hydroxylation is 1. The zero-order valence-corrected chi connectivity index (χ0v) is 10.0. The second kappa shape index (κ2) is 4.69. The Hall–Kier alpha value is -2.25. The molecule has 0 saturated heterocycles. The van der Waals surface area contributed by atoms with E-state index in [1.54, 1.807) is 0 Å². The monoisotopic (exact) mass is 290 g/mol. The van der Waals surface area contributed by atoms with Crippen LogP contribution in [0.5, 0.6) is 0 Å². The summed E-state index contributed by atoms with van der Waals surface area (Å²) in [5, 5.41) is 3.15. The molecule has 1 heterocycles. The predicted octanol–water partition coefficient (Wildman–Crippen LogP) is 3.29. The molecule has 0 unspecified atom stereocenters. The van der Waals surface area contributed by atoms with Crippen molar-refractivity contribution in [3.05, 3.63) is 46.8 Å². The van der Waals surface area contributed by atoms with Crippen molar-refractivity contribution in [2.24, 2.45) is 0 Å². The zero-order valence-electron chi connectivity index (χ0n) is 10.0. The van der Waals surface area contributed by atoms with Crippen LogP contribution in [0, 0.1) is 18.6 Å².